The maximum atomic E-state index is 9.82. The van der Waals surface area contributed by atoms with Gasteiger partial charge in [-0.25, -0.2) is 0 Å². The molecule has 0 amide bonds. The Hall–Kier alpha value is -2.24. The molecule has 102 valence electrons. The third-order valence-corrected chi connectivity index (χ3v) is 3.20. The fourth-order valence-electron chi connectivity index (χ4n) is 2.18. The summed E-state index contributed by atoms with van der Waals surface area (Å²) in [5.41, 5.74) is 6.30. The zero-order valence-corrected chi connectivity index (χ0v) is 10.9. The molecule has 2 aromatic carbocycles. The van der Waals surface area contributed by atoms with Crippen LogP contribution in [0.3, 0.4) is 0 Å². The molecule has 1 unspecified atom stereocenters. The van der Waals surface area contributed by atoms with Gasteiger partial charge in [-0.2, -0.15) is 4.98 Å². The number of aliphatic hydroxyl groups excluding tert-OH is 1. The van der Waals surface area contributed by atoms with E-state index in [4.69, 9.17) is 10.3 Å². The molecule has 3 rings (SSSR count). The van der Waals surface area contributed by atoms with Crippen molar-refractivity contribution in [2.24, 2.45) is 5.73 Å². The molecule has 0 fully saturated rings. The van der Waals surface area contributed by atoms with Crippen molar-refractivity contribution < 1.29 is 9.63 Å². The van der Waals surface area contributed by atoms with Crippen LogP contribution >= 0.6 is 0 Å². The van der Waals surface area contributed by atoms with Gasteiger partial charge in [0.15, 0.2) is 0 Å². The van der Waals surface area contributed by atoms with Gasteiger partial charge in [0.05, 0.1) is 0 Å². The number of nitrogens with two attached hydrogens (primary N) is 1. The third-order valence-electron chi connectivity index (χ3n) is 3.20. The fraction of sp³-hybridized carbons (Fsp3) is 0.200. The summed E-state index contributed by atoms with van der Waals surface area (Å²) in [5.74, 6) is 0.686. The molecule has 3 aromatic rings. The van der Waals surface area contributed by atoms with E-state index in [-0.39, 0.29) is 5.89 Å². The standard InChI is InChI=1S/C15H15N3O2/c16-9-8-13(19)15-17-14(18-20-15)12-7-3-5-10-4-1-2-6-11(10)12/h1-7,13,19H,8-9,16H2. The molecular weight excluding hydrogens is 254 g/mol. The van der Waals surface area contributed by atoms with Gasteiger partial charge < -0.3 is 15.4 Å². The molecule has 0 aliphatic carbocycles. The van der Waals surface area contributed by atoms with Crippen LogP contribution in [0.4, 0.5) is 0 Å². The van der Waals surface area contributed by atoms with Crippen molar-refractivity contribution in [2.45, 2.75) is 12.5 Å². The zero-order valence-electron chi connectivity index (χ0n) is 10.9. The minimum atomic E-state index is -0.809. The Kier molecular flexibility index (Phi) is 3.45. The Balaban J connectivity index is 2.03. The molecule has 5 nitrogen and oxygen atoms in total. The highest BCUT2D eigenvalue weighted by molar-refractivity contribution is 5.94. The summed E-state index contributed by atoms with van der Waals surface area (Å²) < 4.78 is 5.12. The summed E-state index contributed by atoms with van der Waals surface area (Å²) >= 11 is 0. The van der Waals surface area contributed by atoms with E-state index in [9.17, 15) is 5.11 Å². The van der Waals surface area contributed by atoms with Crippen molar-refractivity contribution in [3.63, 3.8) is 0 Å². The van der Waals surface area contributed by atoms with Gasteiger partial charge in [0.25, 0.3) is 5.89 Å². The van der Waals surface area contributed by atoms with Gasteiger partial charge in [-0.15, -0.1) is 0 Å². The van der Waals surface area contributed by atoms with E-state index in [1.807, 2.05) is 42.5 Å². The molecule has 1 heterocycles. The maximum absolute atomic E-state index is 9.82. The number of hydrogen-bond donors (Lipinski definition) is 2. The number of aliphatic hydroxyl groups is 1. The lowest BCUT2D eigenvalue weighted by Gasteiger charge is -2.02. The van der Waals surface area contributed by atoms with E-state index in [1.165, 1.54) is 0 Å². The molecule has 0 radical (unpaired) electrons. The average Bonchev–Trinajstić information content (AvgIpc) is 2.97. The molecule has 0 bridgehead atoms. The van der Waals surface area contributed by atoms with Crippen molar-refractivity contribution in [1.82, 2.24) is 10.1 Å². The highest BCUT2D eigenvalue weighted by Crippen LogP contribution is 2.27. The molecule has 0 aliphatic rings. The van der Waals surface area contributed by atoms with Crippen molar-refractivity contribution in [3.05, 3.63) is 48.4 Å². The Morgan fingerprint density at radius 1 is 1.15 bits per heavy atom. The van der Waals surface area contributed by atoms with E-state index in [2.05, 4.69) is 10.1 Å². The molecule has 20 heavy (non-hydrogen) atoms. The van der Waals surface area contributed by atoms with Crippen molar-refractivity contribution in [2.75, 3.05) is 6.54 Å². The first-order valence-corrected chi connectivity index (χ1v) is 6.49. The zero-order chi connectivity index (χ0) is 13.9. The van der Waals surface area contributed by atoms with Gasteiger partial charge in [0.2, 0.25) is 5.82 Å². The Bertz CT molecular complexity index is 718. The van der Waals surface area contributed by atoms with Gasteiger partial charge in [-0.1, -0.05) is 47.6 Å². The van der Waals surface area contributed by atoms with Crippen LogP contribution in [0, 0.1) is 0 Å². The molecule has 1 aromatic heterocycles. The quantitative estimate of drug-likeness (QED) is 0.759. The van der Waals surface area contributed by atoms with Crippen molar-refractivity contribution in [3.8, 4) is 11.4 Å². The van der Waals surface area contributed by atoms with Gasteiger partial charge in [0.1, 0.15) is 6.10 Å². The highest BCUT2D eigenvalue weighted by Gasteiger charge is 2.17. The largest absolute Gasteiger partial charge is 0.383 e. The van der Waals surface area contributed by atoms with E-state index in [1.54, 1.807) is 0 Å². The number of rotatable bonds is 4. The Morgan fingerprint density at radius 2 is 1.95 bits per heavy atom. The first-order valence-electron chi connectivity index (χ1n) is 6.49. The third kappa shape index (κ3) is 2.29. The van der Waals surface area contributed by atoms with Gasteiger partial charge >= 0.3 is 0 Å². The molecule has 0 saturated heterocycles. The lowest BCUT2D eigenvalue weighted by molar-refractivity contribution is 0.127. The van der Waals surface area contributed by atoms with Crippen LogP contribution < -0.4 is 5.73 Å². The number of aromatic nitrogens is 2. The van der Waals surface area contributed by atoms with Crippen LogP contribution in [0.2, 0.25) is 0 Å². The van der Waals surface area contributed by atoms with Crippen molar-refractivity contribution in [1.29, 1.82) is 0 Å². The van der Waals surface area contributed by atoms with E-state index in [0.29, 0.717) is 18.8 Å². The van der Waals surface area contributed by atoms with Gasteiger partial charge in [0, 0.05) is 5.56 Å². The van der Waals surface area contributed by atoms with Crippen LogP contribution in [-0.2, 0) is 0 Å². The predicted molar refractivity (Wildman–Crippen MR) is 75.9 cm³/mol. The molecule has 3 N–H and O–H groups in total. The molecule has 0 spiro atoms. The Labute approximate surface area is 116 Å². The van der Waals surface area contributed by atoms with E-state index >= 15 is 0 Å². The first-order chi connectivity index (χ1) is 9.79. The second kappa shape index (κ2) is 5.40. The minimum absolute atomic E-state index is 0.207. The minimum Gasteiger partial charge on any atom is -0.383 e. The molecule has 0 aliphatic heterocycles. The summed E-state index contributed by atoms with van der Waals surface area (Å²) in [7, 11) is 0. The Morgan fingerprint density at radius 3 is 2.80 bits per heavy atom. The second-order valence-electron chi connectivity index (χ2n) is 4.58. The molecule has 5 heteroatoms. The van der Waals surface area contributed by atoms with Crippen LogP contribution in [0.1, 0.15) is 18.4 Å². The molecule has 0 saturated carbocycles. The van der Waals surface area contributed by atoms with Crippen LogP contribution in [0.25, 0.3) is 22.2 Å². The topological polar surface area (TPSA) is 85.2 Å². The van der Waals surface area contributed by atoms with Crippen LogP contribution in [0.5, 0.6) is 0 Å². The van der Waals surface area contributed by atoms with Gasteiger partial charge in [-0.05, 0) is 23.7 Å². The first kappa shape index (κ1) is 12.8. The van der Waals surface area contributed by atoms with Crippen LogP contribution in [-0.4, -0.2) is 21.8 Å². The number of benzene rings is 2. The highest BCUT2D eigenvalue weighted by atomic mass is 16.5. The van der Waals surface area contributed by atoms with E-state index in [0.717, 1.165) is 16.3 Å². The normalized spacial score (nSPS) is 12.7. The summed E-state index contributed by atoms with van der Waals surface area (Å²) in [5, 5.41) is 15.9. The van der Waals surface area contributed by atoms with Crippen LogP contribution in [0.15, 0.2) is 47.0 Å². The summed E-state index contributed by atoms with van der Waals surface area (Å²) in [6.07, 6.45) is -0.409. The van der Waals surface area contributed by atoms with Gasteiger partial charge in [-0.3, -0.25) is 0 Å². The number of fused-ring (bicyclic) bond motifs is 1. The summed E-state index contributed by atoms with van der Waals surface area (Å²) in [6.45, 7) is 0.368. The summed E-state index contributed by atoms with van der Waals surface area (Å²) in [6, 6.07) is 13.9. The molecule has 1 atom stereocenters. The second-order valence-corrected chi connectivity index (χ2v) is 4.58. The van der Waals surface area contributed by atoms with E-state index < -0.39 is 6.10 Å². The lowest BCUT2D eigenvalue weighted by atomic mass is 10.0. The average molecular weight is 269 g/mol. The predicted octanol–water partition coefficient (Wildman–Crippen LogP) is 2.27. The maximum Gasteiger partial charge on any atom is 0.255 e. The fourth-order valence-corrected chi connectivity index (χ4v) is 2.18. The number of nitrogens with zero attached hydrogens (tertiary/aromatic N) is 2. The number of hydrogen-bond acceptors (Lipinski definition) is 5. The smallest absolute Gasteiger partial charge is 0.255 e. The SMILES string of the molecule is NCCC(O)c1nc(-c2cccc3ccccc23)no1. The lowest BCUT2D eigenvalue weighted by Crippen LogP contribution is -2.06. The molecular formula is C15H15N3O2. The summed E-state index contributed by atoms with van der Waals surface area (Å²) in [4.78, 5) is 4.27. The monoisotopic (exact) mass is 269 g/mol. The van der Waals surface area contributed by atoms with Crippen molar-refractivity contribution >= 4 is 10.8 Å².